The van der Waals surface area contributed by atoms with Gasteiger partial charge in [-0.25, -0.2) is 0 Å². The quantitative estimate of drug-likeness (QED) is 0.703. The molecule has 1 aliphatic carbocycles. The molecule has 0 amide bonds. The number of rotatable bonds is 0. The molecule has 0 fully saturated rings. The molecule has 0 aromatic heterocycles. The molecule has 4 heteroatoms. The maximum atomic E-state index is 8.81. The Morgan fingerprint density at radius 3 is 1.88 bits per heavy atom. The van der Waals surface area contributed by atoms with Crippen molar-refractivity contribution in [1.82, 2.24) is 0 Å². The molecule has 0 spiro atoms. The molecule has 16 heavy (non-hydrogen) atoms. The van der Waals surface area contributed by atoms with Crippen LogP contribution < -0.4 is 0 Å². The molecule has 1 N–H and O–H groups in total. The number of phenolic OH excluding ortho intramolecular Hbond substituents is 1. The molecule has 0 unspecified atom stereocenters. The molecule has 0 aliphatic heterocycles. The number of benzene rings is 1. The van der Waals surface area contributed by atoms with E-state index in [4.69, 9.17) is 23.7 Å². The maximum absolute atomic E-state index is 8.81. The van der Waals surface area contributed by atoms with Crippen molar-refractivity contribution in [1.29, 1.82) is 0 Å². The third-order valence-electron chi connectivity index (χ3n) is 1.56. The number of allylic oxidation sites excluding steroid dienone is 4. The van der Waals surface area contributed by atoms with E-state index < -0.39 is 17.0 Å². The van der Waals surface area contributed by atoms with E-state index in [1.807, 2.05) is 49.8 Å². The van der Waals surface area contributed by atoms with Crippen LogP contribution in [0, 0.1) is 13.3 Å². The van der Waals surface area contributed by atoms with Crippen molar-refractivity contribution in [2.24, 2.45) is 0 Å². The topological polar surface area (TPSA) is 20.2 Å². The third kappa shape index (κ3) is 10.3. The van der Waals surface area contributed by atoms with Crippen LogP contribution in [0.2, 0.25) is 0 Å². The first kappa shape index (κ1) is 15.8. The van der Waals surface area contributed by atoms with Crippen LogP contribution in [0.15, 0.2) is 48.6 Å². The summed E-state index contributed by atoms with van der Waals surface area (Å²) < 4.78 is 0. The van der Waals surface area contributed by atoms with E-state index >= 15 is 0 Å². The Labute approximate surface area is 113 Å². The van der Waals surface area contributed by atoms with Crippen LogP contribution in [-0.4, -0.2) is 5.11 Å². The average molecular weight is 292 g/mol. The Bertz CT molecular complexity index is 310. The van der Waals surface area contributed by atoms with Crippen molar-refractivity contribution in [3.63, 3.8) is 0 Å². The number of phenols is 1. The fourth-order valence-electron chi connectivity index (χ4n) is 0.949. The SMILES string of the molecule is Cc1cccc(O)c1.[CH]1C=CC=C1.[Cl][Ti][Cl]. The monoisotopic (exact) mass is 291 g/mol. The second kappa shape index (κ2) is 11.3. The van der Waals surface area contributed by atoms with Gasteiger partial charge in [0.25, 0.3) is 0 Å². The van der Waals surface area contributed by atoms with Crippen molar-refractivity contribution in [3.8, 4) is 5.75 Å². The first-order chi connectivity index (χ1) is 7.70. The number of aryl methyl sites for hydroxylation is 1. The van der Waals surface area contributed by atoms with Gasteiger partial charge in [-0.05, 0) is 24.6 Å². The summed E-state index contributed by atoms with van der Waals surface area (Å²) in [5, 5.41) is 8.81. The summed E-state index contributed by atoms with van der Waals surface area (Å²) in [6, 6.07) is 7.15. The van der Waals surface area contributed by atoms with Gasteiger partial charge in [-0.15, -0.1) is 0 Å². The van der Waals surface area contributed by atoms with Gasteiger partial charge in [-0.2, -0.15) is 0 Å². The van der Waals surface area contributed by atoms with E-state index in [1.54, 1.807) is 12.1 Å². The van der Waals surface area contributed by atoms with Gasteiger partial charge in [-0.1, -0.05) is 36.4 Å². The predicted octanol–water partition coefficient (Wildman–Crippen LogP) is 4.39. The fraction of sp³-hybridized carbons (Fsp3) is 0.0833. The number of aromatic hydroxyl groups is 1. The predicted molar refractivity (Wildman–Crippen MR) is 67.1 cm³/mol. The van der Waals surface area contributed by atoms with Crippen LogP contribution in [0.1, 0.15) is 5.56 Å². The standard InChI is InChI=1S/C7H8O.C5H5.2ClH.Ti/c1-6-3-2-4-7(8)5-6;1-2-4-5-3-1;;;/h2-5,8H,1H3;1-5H;2*1H;/q;;;;+2/p-2. The Kier molecular flexibility index (Phi) is 11.1. The van der Waals surface area contributed by atoms with Gasteiger partial charge in [0, 0.05) is 6.42 Å². The minimum atomic E-state index is -0.556. The Hall–Kier alpha value is -0.206. The molecule has 0 saturated carbocycles. The van der Waals surface area contributed by atoms with E-state index in [1.165, 1.54) is 0 Å². The molecular formula is C12H13Cl2OTi. The summed E-state index contributed by atoms with van der Waals surface area (Å²) >= 11 is -0.556. The van der Waals surface area contributed by atoms with E-state index in [2.05, 4.69) is 0 Å². The van der Waals surface area contributed by atoms with Crippen LogP contribution in [0.3, 0.4) is 0 Å². The first-order valence-corrected chi connectivity index (χ1v) is 8.89. The average Bonchev–Trinajstić information content (AvgIpc) is 2.76. The summed E-state index contributed by atoms with van der Waals surface area (Å²) in [6.45, 7) is 1.94. The molecule has 85 valence electrons. The molecule has 1 aromatic rings. The van der Waals surface area contributed by atoms with Crippen molar-refractivity contribution in [2.75, 3.05) is 0 Å². The molecule has 0 saturated heterocycles. The zero-order valence-electron chi connectivity index (χ0n) is 8.90. The van der Waals surface area contributed by atoms with Gasteiger partial charge in [0.1, 0.15) is 5.75 Å². The van der Waals surface area contributed by atoms with Crippen LogP contribution in [0.4, 0.5) is 0 Å². The summed E-state index contributed by atoms with van der Waals surface area (Å²) in [7, 11) is 9.78. The van der Waals surface area contributed by atoms with Gasteiger partial charge >= 0.3 is 35.6 Å². The van der Waals surface area contributed by atoms with Crippen molar-refractivity contribution < 1.29 is 22.1 Å². The molecule has 1 radical (unpaired) electrons. The second-order valence-corrected chi connectivity index (χ2v) is 5.45. The van der Waals surface area contributed by atoms with Crippen molar-refractivity contribution in [2.45, 2.75) is 6.92 Å². The molecular weight excluding hydrogens is 279 g/mol. The molecule has 1 aliphatic rings. The normalized spacial score (nSPS) is 10.9. The molecule has 1 aromatic carbocycles. The van der Waals surface area contributed by atoms with Crippen LogP contribution in [0.5, 0.6) is 5.75 Å². The van der Waals surface area contributed by atoms with Gasteiger partial charge in [0.15, 0.2) is 0 Å². The third-order valence-corrected chi connectivity index (χ3v) is 1.56. The van der Waals surface area contributed by atoms with Crippen molar-refractivity contribution in [3.05, 3.63) is 60.6 Å². The summed E-state index contributed by atoms with van der Waals surface area (Å²) in [6.07, 6.45) is 10.0. The molecule has 0 atom stereocenters. The zero-order valence-corrected chi connectivity index (χ0v) is 12.0. The number of hydrogen-bond acceptors (Lipinski definition) is 1. The van der Waals surface area contributed by atoms with Crippen LogP contribution >= 0.6 is 18.6 Å². The van der Waals surface area contributed by atoms with Gasteiger partial charge in [0.05, 0.1) is 0 Å². The Balaban J connectivity index is 0.000000241. The fourth-order valence-corrected chi connectivity index (χ4v) is 0.949. The minimum absolute atomic E-state index is 0.338. The van der Waals surface area contributed by atoms with E-state index in [0.717, 1.165) is 5.56 Å². The van der Waals surface area contributed by atoms with Crippen LogP contribution in [-0.2, 0) is 17.0 Å². The van der Waals surface area contributed by atoms with Gasteiger partial charge in [0.2, 0.25) is 0 Å². The number of hydrogen-bond donors (Lipinski definition) is 1. The molecule has 0 heterocycles. The van der Waals surface area contributed by atoms with Crippen LogP contribution in [0.25, 0.3) is 0 Å². The zero-order chi connectivity index (χ0) is 12.2. The second-order valence-electron chi connectivity index (χ2n) is 2.87. The molecule has 1 nitrogen and oxygen atoms in total. The summed E-state index contributed by atoms with van der Waals surface area (Å²) in [5.74, 6) is 0.338. The summed E-state index contributed by atoms with van der Waals surface area (Å²) in [4.78, 5) is 0. The van der Waals surface area contributed by atoms with Gasteiger partial charge < -0.3 is 5.11 Å². The van der Waals surface area contributed by atoms with Gasteiger partial charge in [-0.3, -0.25) is 0 Å². The van der Waals surface area contributed by atoms with E-state index in [9.17, 15) is 0 Å². The first-order valence-electron chi connectivity index (χ1n) is 4.59. The van der Waals surface area contributed by atoms with E-state index in [-0.39, 0.29) is 0 Å². The Morgan fingerprint density at radius 1 is 1.06 bits per heavy atom. The summed E-state index contributed by atoms with van der Waals surface area (Å²) in [5.41, 5.74) is 1.09. The molecule has 2 rings (SSSR count). The Morgan fingerprint density at radius 2 is 1.62 bits per heavy atom. The molecule has 0 bridgehead atoms. The van der Waals surface area contributed by atoms with Crippen molar-refractivity contribution >= 4 is 18.6 Å². The van der Waals surface area contributed by atoms with E-state index in [0.29, 0.717) is 5.75 Å². The number of halogens is 2.